The fraction of sp³-hybridized carbons (Fsp3) is 0.0714. The Morgan fingerprint density at radius 2 is 0.975 bits per heavy atom. The molecule has 0 radical (unpaired) electrons. The summed E-state index contributed by atoms with van der Waals surface area (Å²) in [6.45, 7) is 0. The SMILES string of the molecule is O=C(Cc1cc(Cl)cc(Oc2ccccc2)c1Cl)[O][Al+][O]C(=O)Cc1cc(Cl)cc(Oc2ccccc2)c1Cl.[OH-]. The van der Waals surface area contributed by atoms with Gasteiger partial charge in [0.1, 0.15) is 0 Å². The molecule has 0 aliphatic heterocycles. The Hall–Kier alpha value is -2.93. The molecule has 4 aromatic rings. The minimum atomic E-state index is -1.43. The van der Waals surface area contributed by atoms with Crippen molar-refractivity contribution >= 4 is 74.2 Å². The molecule has 1 N–H and O–H groups in total. The minimum Gasteiger partial charge on any atom is -0.870 e. The van der Waals surface area contributed by atoms with Gasteiger partial charge in [-0.3, -0.25) is 0 Å². The molecular weight excluding hydrogens is 617 g/mol. The summed E-state index contributed by atoms with van der Waals surface area (Å²) >= 11 is 23.8. The van der Waals surface area contributed by atoms with Gasteiger partial charge in [-0.1, -0.05) is 0 Å². The first kappa shape index (κ1) is 31.6. The van der Waals surface area contributed by atoms with Crippen LogP contribution in [-0.2, 0) is 30.0 Å². The average Bonchev–Trinajstić information content (AvgIpc) is 2.90. The number of para-hydroxylation sites is 2. The molecule has 0 aromatic heterocycles. The van der Waals surface area contributed by atoms with E-state index in [1.165, 1.54) is 0 Å². The largest absolute Gasteiger partial charge is 0.870 e. The van der Waals surface area contributed by atoms with Crippen molar-refractivity contribution < 1.29 is 32.1 Å². The molecule has 204 valence electrons. The van der Waals surface area contributed by atoms with Crippen molar-refractivity contribution in [1.29, 1.82) is 0 Å². The fourth-order valence-electron chi connectivity index (χ4n) is 3.40. The Morgan fingerprint density at radius 1 is 0.600 bits per heavy atom. The van der Waals surface area contributed by atoms with E-state index in [1.54, 1.807) is 48.5 Å². The zero-order valence-electron chi connectivity index (χ0n) is 20.5. The molecule has 0 spiro atoms. The van der Waals surface area contributed by atoms with Crippen LogP contribution < -0.4 is 9.47 Å². The number of carbonyl (C=O) groups excluding carboxylic acids is 2. The molecule has 0 aliphatic carbocycles. The summed E-state index contributed by atoms with van der Waals surface area (Å²) in [5, 5.41) is 1.11. The number of halogens is 4. The van der Waals surface area contributed by atoms with Crippen molar-refractivity contribution in [1.82, 2.24) is 0 Å². The Morgan fingerprint density at radius 3 is 1.35 bits per heavy atom. The van der Waals surface area contributed by atoms with Gasteiger partial charge in [0, 0.05) is 0 Å². The van der Waals surface area contributed by atoms with E-state index in [9.17, 15) is 9.59 Å². The number of rotatable bonds is 10. The van der Waals surface area contributed by atoms with Crippen LogP contribution in [0.15, 0.2) is 84.9 Å². The van der Waals surface area contributed by atoms with Crippen molar-refractivity contribution in [2.45, 2.75) is 12.8 Å². The Balaban J connectivity index is 0.00000441. The van der Waals surface area contributed by atoms with E-state index in [2.05, 4.69) is 0 Å². The van der Waals surface area contributed by atoms with Crippen LogP contribution in [0.25, 0.3) is 0 Å². The molecule has 0 saturated carbocycles. The molecule has 4 aromatic carbocycles. The summed E-state index contributed by atoms with van der Waals surface area (Å²) < 4.78 is 21.8. The van der Waals surface area contributed by atoms with Gasteiger partial charge in [-0.25, -0.2) is 0 Å². The van der Waals surface area contributed by atoms with E-state index in [0.29, 0.717) is 44.2 Å². The van der Waals surface area contributed by atoms with Crippen molar-refractivity contribution in [3.8, 4) is 23.0 Å². The second-order valence-corrected chi connectivity index (χ2v) is 10.3. The number of hydrogen-bond donors (Lipinski definition) is 0. The number of benzene rings is 4. The monoisotopic (exact) mass is 634 g/mol. The summed E-state index contributed by atoms with van der Waals surface area (Å²) in [5.41, 5.74) is 0.810. The topological polar surface area (TPSA) is 101 Å². The molecule has 40 heavy (non-hydrogen) atoms. The normalized spacial score (nSPS) is 10.1. The maximum atomic E-state index is 12.4. The number of carbonyl (C=O) groups is 2. The molecule has 0 bridgehead atoms. The Bertz CT molecular complexity index is 1360. The molecular formula is C28H19AlCl4O7. The molecule has 0 saturated heterocycles. The molecule has 0 amide bonds. The van der Waals surface area contributed by atoms with Gasteiger partial charge in [0.2, 0.25) is 0 Å². The van der Waals surface area contributed by atoms with Crippen LogP contribution >= 0.6 is 46.4 Å². The van der Waals surface area contributed by atoms with Crippen molar-refractivity contribution in [2.24, 2.45) is 0 Å². The van der Waals surface area contributed by atoms with Crippen LogP contribution in [0.3, 0.4) is 0 Å². The maximum Gasteiger partial charge on any atom is -0.870 e. The van der Waals surface area contributed by atoms with E-state index in [0.717, 1.165) is 0 Å². The van der Waals surface area contributed by atoms with Crippen LogP contribution in [0.5, 0.6) is 23.0 Å². The van der Waals surface area contributed by atoms with Crippen LogP contribution in [-0.4, -0.2) is 33.3 Å². The fourth-order valence-corrected chi connectivity index (χ4v) is 4.72. The van der Waals surface area contributed by atoms with E-state index in [1.807, 2.05) is 36.4 Å². The first-order valence-corrected chi connectivity index (χ1v) is 13.9. The van der Waals surface area contributed by atoms with E-state index < -0.39 is 27.8 Å². The van der Waals surface area contributed by atoms with Crippen LogP contribution in [0.4, 0.5) is 0 Å². The molecule has 0 unspecified atom stereocenters. The Labute approximate surface area is 257 Å². The summed E-state index contributed by atoms with van der Waals surface area (Å²) in [6, 6.07) is 24.2. The van der Waals surface area contributed by atoms with E-state index in [-0.39, 0.29) is 28.4 Å². The third-order valence-corrected chi connectivity index (χ3v) is 7.14. The van der Waals surface area contributed by atoms with Gasteiger partial charge in [0.15, 0.2) is 0 Å². The predicted molar refractivity (Wildman–Crippen MR) is 153 cm³/mol. The third-order valence-electron chi connectivity index (χ3n) is 5.13. The molecule has 4 rings (SSSR count). The zero-order valence-corrected chi connectivity index (χ0v) is 24.7. The van der Waals surface area contributed by atoms with Crippen molar-refractivity contribution in [2.75, 3.05) is 0 Å². The van der Waals surface area contributed by atoms with Gasteiger partial charge < -0.3 is 5.48 Å². The summed E-state index contributed by atoms with van der Waals surface area (Å²) in [6.07, 6.45) is -0.398. The summed E-state index contributed by atoms with van der Waals surface area (Å²) in [5.74, 6) is 0.422. The molecule has 7 nitrogen and oxygen atoms in total. The second-order valence-electron chi connectivity index (χ2n) is 8.01. The zero-order chi connectivity index (χ0) is 27.8. The summed E-state index contributed by atoms with van der Waals surface area (Å²) in [7, 11) is 0. The van der Waals surface area contributed by atoms with Crippen molar-refractivity contribution in [3.63, 3.8) is 0 Å². The number of hydrogen-bond acceptors (Lipinski definition) is 7. The van der Waals surface area contributed by atoms with Gasteiger partial charge in [0.25, 0.3) is 0 Å². The van der Waals surface area contributed by atoms with E-state index >= 15 is 0 Å². The molecule has 0 aliphatic rings. The minimum absolute atomic E-state index is 0. The molecule has 0 fully saturated rings. The van der Waals surface area contributed by atoms with Gasteiger partial charge in [-0.2, -0.15) is 0 Å². The molecule has 12 heteroatoms. The first-order valence-electron chi connectivity index (χ1n) is 11.4. The van der Waals surface area contributed by atoms with Crippen LogP contribution in [0.2, 0.25) is 20.1 Å². The number of ether oxygens (including phenoxy) is 2. The average molecular weight is 636 g/mol. The second kappa shape index (κ2) is 15.2. The van der Waals surface area contributed by atoms with Gasteiger partial charge in [0.05, 0.1) is 0 Å². The predicted octanol–water partition coefficient (Wildman–Crippen LogP) is 8.11. The van der Waals surface area contributed by atoms with Crippen molar-refractivity contribution in [3.05, 3.63) is 116 Å². The van der Waals surface area contributed by atoms with Gasteiger partial charge in [-0.15, -0.1) is 0 Å². The quantitative estimate of drug-likeness (QED) is 0.162. The van der Waals surface area contributed by atoms with Gasteiger partial charge >= 0.3 is 253 Å². The Kier molecular flexibility index (Phi) is 12.0. The van der Waals surface area contributed by atoms with Crippen LogP contribution in [0.1, 0.15) is 11.1 Å². The molecule has 0 heterocycles. The maximum absolute atomic E-state index is 12.4. The van der Waals surface area contributed by atoms with E-state index in [4.69, 9.17) is 63.5 Å². The standard InChI is InChI=1S/2C14H10Cl2O3.Al.H2O/c2*15-10-6-9(7-13(17)18)14(16)12(8-10)19-11-4-2-1-3-5-11;;/h2*1-6,8H,7H2,(H,17,18);;1H2/q;;+3;/p-3. The summed E-state index contributed by atoms with van der Waals surface area (Å²) in [4.78, 5) is 24.8. The first-order chi connectivity index (χ1) is 18.8. The smallest absolute Gasteiger partial charge is 0.870 e. The molecule has 0 atom stereocenters. The van der Waals surface area contributed by atoms with Gasteiger partial charge in [-0.05, 0) is 0 Å². The third kappa shape index (κ3) is 9.05. The van der Waals surface area contributed by atoms with Crippen LogP contribution in [0, 0.1) is 0 Å².